The Kier molecular flexibility index (Phi) is 4.79. The van der Waals surface area contributed by atoms with Gasteiger partial charge in [0, 0.05) is 17.2 Å². The molecule has 0 unspecified atom stereocenters. The summed E-state index contributed by atoms with van der Waals surface area (Å²) in [4.78, 5) is 22.5. The van der Waals surface area contributed by atoms with E-state index in [-0.39, 0.29) is 17.9 Å². The van der Waals surface area contributed by atoms with Gasteiger partial charge in [0.1, 0.15) is 23.9 Å². The number of hydrogen-bond acceptors (Lipinski definition) is 5. The van der Waals surface area contributed by atoms with Crippen LogP contribution in [0.25, 0.3) is 11.3 Å². The summed E-state index contributed by atoms with van der Waals surface area (Å²) in [6, 6.07) is 13.5. The highest BCUT2D eigenvalue weighted by molar-refractivity contribution is 5.89. The molecule has 0 spiro atoms. The monoisotopic (exact) mass is 355 g/mol. The Morgan fingerprint density at radius 1 is 1.19 bits per heavy atom. The first-order valence-corrected chi connectivity index (χ1v) is 7.71. The molecule has 3 aromatic rings. The summed E-state index contributed by atoms with van der Waals surface area (Å²) in [5.74, 6) is -0.713. The van der Waals surface area contributed by atoms with Crippen molar-refractivity contribution in [2.75, 3.05) is 0 Å². The minimum Gasteiger partial charge on any atom is -0.457 e. The molecule has 0 aliphatic carbocycles. The molecule has 3 rings (SSSR count). The van der Waals surface area contributed by atoms with Crippen molar-refractivity contribution in [3.8, 4) is 11.3 Å². The van der Waals surface area contributed by atoms with Gasteiger partial charge in [-0.2, -0.15) is 0 Å². The minimum atomic E-state index is -0.799. The van der Waals surface area contributed by atoms with Gasteiger partial charge in [-0.3, -0.25) is 10.1 Å². The van der Waals surface area contributed by atoms with E-state index >= 15 is 0 Å². The van der Waals surface area contributed by atoms with Gasteiger partial charge < -0.3 is 9.15 Å². The number of benzene rings is 2. The van der Waals surface area contributed by atoms with Crippen LogP contribution >= 0.6 is 0 Å². The number of nitrogens with zero attached hydrogens (tertiary/aromatic N) is 1. The highest BCUT2D eigenvalue weighted by Gasteiger charge is 2.16. The third kappa shape index (κ3) is 3.61. The lowest BCUT2D eigenvalue weighted by atomic mass is 10.1. The van der Waals surface area contributed by atoms with E-state index in [1.54, 1.807) is 31.2 Å². The molecule has 0 aliphatic rings. The van der Waals surface area contributed by atoms with Crippen molar-refractivity contribution in [3.05, 3.63) is 87.4 Å². The van der Waals surface area contributed by atoms with E-state index in [4.69, 9.17) is 9.15 Å². The summed E-state index contributed by atoms with van der Waals surface area (Å²) in [5.41, 5.74) is 0.915. The van der Waals surface area contributed by atoms with Crippen LogP contribution in [0.3, 0.4) is 0 Å². The average Bonchev–Trinajstić information content (AvgIpc) is 3.09. The van der Waals surface area contributed by atoms with Crippen LogP contribution in [0.1, 0.15) is 21.7 Å². The van der Waals surface area contributed by atoms with Crippen LogP contribution in [0.2, 0.25) is 0 Å². The van der Waals surface area contributed by atoms with Gasteiger partial charge >= 0.3 is 5.97 Å². The summed E-state index contributed by atoms with van der Waals surface area (Å²) >= 11 is 0. The van der Waals surface area contributed by atoms with Crippen LogP contribution in [0.15, 0.2) is 59.0 Å². The Balaban J connectivity index is 1.73. The Hall–Kier alpha value is -3.48. The molecule has 26 heavy (non-hydrogen) atoms. The molecular weight excluding hydrogens is 341 g/mol. The molecule has 0 saturated carbocycles. The van der Waals surface area contributed by atoms with E-state index in [2.05, 4.69) is 0 Å². The lowest BCUT2D eigenvalue weighted by molar-refractivity contribution is -0.385. The summed E-state index contributed by atoms with van der Waals surface area (Å²) in [6.07, 6.45) is 0. The molecular formula is C19H14FNO5. The fraction of sp³-hybridized carbons (Fsp3) is 0.105. The number of carbonyl (C=O) groups excluding carboxylic acids is 1. The Labute approximate surface area is 148 Å². The SMILES string of the molecule is Cc1ccc(-c2ccc(COC(=O)c3ccccc3F)o2)cc1[N+](=O)[O-]. The van der Waals surface area contributed by atoms with E-state index in [1.165, 1.54) is 30.3 Å². The predicted molar refractivity (Wildman–Crippen MR) is 91.1 cm³/mol. The summed E-state index contributed by atoms with van der Waals surface area (Å²) in [6.45, 7) is 1.47. The van der Waals surface area contributed by atoms with E-state index < -0.39 is 16.7 Å². The number of carbonyl (C=O) groups is 1. The second-order valence-electron chi connectivity index (χ2n) is 5.58. The molecule has 6 nitrogen and oxygen atoms in total. The molecule has 1 aromatic heterocycles. The predicted octanol–water partition coefficient (Wildman–Crippen LogP) is 4.66. The van der Waals surface area contributed by atoms with Gasteiger partial charge in [0.05, 0.1) is 10.5 Å². The second kappa shape index (κ2) is 7.18. The maximum absolute atomic E-state index is 13.5. The molecule has 0 fully saturated rings. The van der Waals surface area contributed by atoms with Crippen molar-refractivity contribution in [2.45, 2.75) is 13.5 Å². The first kappa shape index (κ1) is 17.3. The maximum atomic E-state index is 13.5. The molecule has 132 valence electrons. The van der Waals surface area contributed by atoms with Crippen molar-refractivity contribution < 1.29 is 23.3 Å². The first-order chi connectivity index (χ1) is 12.5. The van der Waals surface area contributed by atoms with Gasteiger partial charge in [-0.15, -0.1) is 0 Å². The van der Waals surface area contributed by atoms with Gasteiger partial charge in [0.2, 0.25) is 0 Å². The Morgan fingerprint density at radius 2 is 1.96 bits per heavy atom. The standard InChI is InChI=1S/C19H14FNO5/c1-12-6-7-13(10-17(12)21(23)24)18-9-8-14(26-18)11-25-19(22)15-4-2-3-5-16(15)20/h2-10H,11H2,1H3. The number of ether oxygens (including phenoxy) is 1. The van der Waals surface area contributed by atoms with Gasteiger partial charge in [0.15, 0.2) is 0 Å². The zero-order valence-corrected chi connectivity index (χ0v) is 13.8. The number of nitro benzene ring substituents is 1. The van der Waals surface area contributed by atoms with Crippen molar-refractivity contribution >= 4 is 11.7 Å². The molecule has 7 heteroatoms. The maximum Gasteiger partial charge on any atom is 0.341 e. The van der Waals surface area contributed by atoms with Crippen molar-refractivity contribution in [1.29, 1.82) is 0 Å². The smallest absolute Gasteiger partial charge is 0.341 e. The second-order valence-corrected chi connectivity index (χ2v) is 5.58. The molecule has 1 heterocycles. The zero-order valence-electron chi connectivity index (χ0n) is 13.8. The lowest BCUT2D eigenvalue weighted by Gasteiger charge is -2.04. The summed E-state index contributed by atoms with van der Waals surface area (Å²) in [7, 11) is 0. The third-order valence-corrected chi connectivity index (χ3v) is 3.79. The van der Waals surface area contributed by atoms with Crippen LogP contribution in [-0.4, -0.2) is 10.9 Å². The average molecular weight is 355 g/mol. The molecule has 0 atom stereocenters. The molecule has 0 saturated heterocycles. The number of nitro groups is 1. The van der Waals surface area contributed by atoms with E-state index in [0.717, 1.165) is 0 Å². The highest BCUT2D eigenvalue weighted by atomic mass is 19.1. The normalized spacial score (nSPS) is 10.5. The van der Waals surface area contributed by atoms with Crippen molar-refractivity contribution in [1.82, 2.24) is 0 Å². The zero-order chi connectivity index (χ0) is 18.7. The molecule has 2 aromatic carbocycles. The molecule has 0 bridgehead atoms. The number of rotatable bonds is 5. The van der Waals surface area contributed by atoms with E-state index in [0.29, 0.717) is 22.6 Å². The van der Waals surface area contributed by atoms with Crippen LogP contribution < -0.4 is 0 Å². The van der Waals surface area contributed by atoms with Crippen LogP contribution in [0.4, 0.5) is 10.1 Å². The van der Waals surface area contributed by atoms with Crippen LogP contribution in [0.5, 0.6) is 0 Å². The number of esters is 1. The first-order valence-electron chi connectivity index (χ1n) is 7.71. The van der Waals surface area contributed by atoms with Crippen molar-refractivity contribution in [2.24, 2.45) is 0 Å². The number of furan rings is 1. The quantitative estimate of drug-likeness (QED) is 0.378. The van der Waals surface area contributed by atoms with Gasteiger partial charge in [-0.1, -0.05) is 24.3 Å². The highest BCUT2D eigenvalue weighted by Crippen LogP contribution is 2.28. The lowest BCUT2D eigenvalue weighted by Crippen LogP contribution is -2.07. The molecule has 0 N–H and O–H groups in total. The Bertz CT molecular complexity index is 980. The van der Waals surface area contributed by atoms with E-state index in [1.807, 2.05) is 0 Å². The van der Waals surface area contributed by atoms with Crippen LogP contribution in [0, 0.1) is 22.9 Å². The minimum absolute atomic E-state index is 0.00793. The largest absolute Gasteiger partial charge is 0.457 e. The topological polar surface area (TPSA) is 82.6 Å². The number of hydrogen-bond donors (Lipinski definition) is 0. The summed E-state index contributed by atoms with van der Waals surface area (Å²) in [5, 5.41) is 11.0. The Morgan fingerprint density at radius 3 is 2.69 bits per heavy atom. The number of halogens is 1. The van der Waals surface area contributed by atoms with E-state index in [9.17, 15) is 19.3 Å². The van der Waals surface area contributed by atoms with Gasteiger partial charge in [-0.25, -0.2) is 9.18 Å². The summed E-state index contributed by atoms with van der Waals surface area (Å²) < 4.78 is 24.2. The van der Waals surface area contributed by atoms with Gasteiger partial charge in [0.25, 0.3) is 5.69 Å². The molecule has 0 radical (unpaired) electrons. The van der Waals surface area contributed by atoms with Crippen molar-refractivity contribution in [3.63, 3.8) is 0 Å². The number of aryl methyl sites for hydroxylation is 1. The van der Waals surface area contributed by atoms with Crippen LogP contribution in [-0.2, 0) is 11.3 Å². The van der Waals surface area contributed by atoms with Gasteiger partial charge in [-0.05, 0) is 31.2 Å². The fourth-order valence-electron chi connectivity index (χ4n) is 2.41. The third-order valence-electron chi connectivity index (χ3n) is 3.79. The molecule has 0 aliphatic heterocycles. The molecule has 0 amide bonds. The fourth-order valence-corrected chi connectivity index (χ4v) is 2.41.